The molecule has 3 nitrogen and oxygen atoms in total. The van der Waals surface area contributed by atoms with E-state index < -0.39 is 5.97 Å². The molecule has 0 atom stereocenters. The highest BCUT2D eigenvalue weighted by Gasteiger charge is 2.05. The fourth-order valence-corrected chi connectivity index (χ4v) is 2.14. The van der Waals surface area contributed by atoms with Crippen molar-refractivity contribution in [2.24, 2.45) is 0 Å². The number of rotatable bonds is 7. The highest BCUT2D eigenvalue weighted by atomic mass is 32.2. The maximum atomic E-state index is 13.2. The Bertz CT molecular complexity index is 463. The highest BCUT2D eigenvalue weighted by Crippen LogP contribution is 2.15. The van der Waals surface area contributed by atoms with E-state index in [2.05, 4.69) is 4.90 Å². The van der Waals surface area contributed by atoms with Crippen molar-refractivity contribution in [3.63, 3.8) is 0 Å². The highest BCUT2D eigenvalue weighted by molar-refractivity contribution is 7.98. The molecular formula is C14H18FNO2S. The molecule has 1 aromatic carbocycles. The van der Waals surface area contributed by atoms with Crippen LogP contribution in [-0.2, 0) is 11.3 Å². The first-order valence-electron chi connectivity index (χ1n) is 5.90. The smallest absolute Gasteiger partial charge is 0.328 e. The van der Waals surface area contributed by atoms with Crippen molar-refractivity contribution in [2.45, 2.75) is 6.54 Å². The topological polar surface area (TPSA) is 40.5 Å². The molecule has 0 heterocycles. The normalized spacial score (nSPS) is 11.4. The first-order chi connectivity index (χ1) is 9.02. The van der Waals surface area contributed by atoms with Gasteiger partial charge in [0.25, 0.3) is 0 Å². The molecule has 0 bridgehead atoms. The molecule has 5 heteroatoms. The van der Waals surface area contributed by atoms with Crippen LogP contribution in [0.1, 0.15) is 11.1 Å². The van der Waals surface area contributed by atoms with Crippen LogP contribution in [0.4, 0.5) is 4.39 Å². The molecule has 1 N–H and O–H groups in total. The van der Waals surface area contributed by atoms with Gasteiger partial charge < -0.3 is 10.0 Å². The molecule has 0 aliphatic carbocycles. The van der Waals surface area contributed by atoms with Crippen molar-refractivity contribution in [3.8, 4) is 0 Å². The van der Waals surface area contributed by atoms with Gasteiger partial charge in [-0.3, -0.25) is 0 Å². The minimum atomic E-state index is -1.04. The Morgan fingerprint density at radius 1 is 1.53 bits per heavy atom. The van der Waals surface area contributed by atoms with Crippen LogP contribution in [0, 0.1) is 5.82 Å². The maximum absolute atomic E-state index is 13.2. The van der Waals surface area contributed by atoms with Gasteiger partial charge in [-0.25, -0.2) is 9.18 Å². The lowest BCUT2D eigenvalue weighted by Crippen LogP contribution is -2.21. The van der Waals surface area contributed by atoms with Crippen LogP contribution < -0.4 is 0 Å². The number of carboxylic acid groups (broad SMARTS) is 1. The molecule has 0 unspecified atom stereocenters. The molecule has 0 radical (unpaired) electrons. The number of hydrogen-bond donors (Lipinski definition) is 1. The summed E-state index contributed by atoms with van der Waals surface area (Å²) in [5.41, 5.74) is 1.53. The van der Waals surface area contributed by atoms with Crippen LogP contribution in [0.3, 0.4) is 0 Å². The van der Waals surface area contributed by atoms with Gasteiger partial charge in [-0.1, -0.05) is 6.07 Å². The van der Waals surface area contributed by atoms with E-state index in [0.717, 1.165) is 23.9 Å². The predicted octanol–water partition coefficient (Wildman–Crippen LogP) is 2.72. The summed E-state index contributed by atoms with van der Waals surface area (Å²) in [7, 11) is 1.99. The quantitative estimate of drug-likeness (QED) is 0.781. The molecule has 1 aromatic rings. The number of carbonyl (C=O) groups is 1. The molecule has 0 aromatic heterocycles. The largest absolute Gasteiger partial charge is 0.478 e. The molecule has 0 saturated carbocycles. The van der Waals surface area contributed by atoms with Crippen molar-refractivity contribution in [1.29, 1.82) is 0 Å². The minimum Gasteiger partial charge on any atom is -0.478 e. The summed E-state index contributed by atoms with van der Waals surface area (Å²) in [5, 5.41) is 8.64. The number of benzene rings is 1. The Hall–Kier alpha value is -1.33. The van der Waals surface area contributed by atoms with Gasteiger partial charge in [0.2, 0.25) is 0 Å². The van der Waals surface area contributed by atoms with Gasteiger partial charge in [0.1, 0.15) is 5.82 Å². The van der Waals surface area contributed by atoms with Crippen LogP contribution >= 0.6 is 11.8 Å². The van der Waals surface area contributed by atoms with Gasteiger partial charge in [0.15, 0.2) is 0 Å². The zero-order valence-corrected chi connectivity index (χ0v) is 11.9. The van der Waals surface area contributed by atoms with Crippen LogP contribution in [-0.4, -0.2) is 41.6 Å². The van der Waals surface area contributed by atoms with Crippen molar-refractivity contribution in [3.05, 3.63) is 41.2 Å². The zero-order chi connectivity index (χ0) is 14.3. The SMILES string of the molecule is CSCCN(C)Cc1ccc(F)cc1/C=C/C(=O)O. The molecule has 0 saturated heterocycles. The first kappa shape index (κ1) is 15.7. The fourth-order valence-electron chi connectivity index (χ4n) is 1.64. The van der Waals surface area contributed by atoms with Gasteiger partial charge in [-0.15, -0.1) is 0 Å². The first-order valence-corrected chi connectivity index (χ1v) is 7.29. The Morgan fingerprint density at radius 3 is 2.89 bits per heavy atom. The third-order valence-corrected chi connectivity index (χ3v) is 3.22. The lowest BCUT2D eigenvalue weighted by Gasteiger charge is -2.17. The number of carboxylic acids is 1. The lowest BCUT2D eigenvalue weighted by molar-refractivity contribution is -0.131. The van der Waals surface area contributed by atoms with E-state index >= 15 is 0 Å². The van der Waals surface area contributed by atoms with Gasteiger partial charge in [-0.05, 0) is 42.6 Å². The van der Waals surface area contributed by atoms with E-state index in [0.29, 0.717) is 12.1 Å². The van der Waals surface area contributed by atoms with Crippen molar-refractivity contribution < 1.29 is 14.3 Å². The Morgan fingerprint density at radius 2 is 2.26 bits per heavy atom. The summed E-state index contributed by atoms with van der Waals surface area (Å²) in [6.45, 7) is 1.60. The molecule has 0 spiro atoms. The monoisotopic (exact) mass is 283 g/mol. The summed E-state index contributed by atoms with van der Waals surface area (Å²) >= 11 is 1.77. The van der Waals surface area contributed by atoms with E-state index in [1.807, 2.05) is 13.3 Å². The van der Waals surface area contributed by atoms with E-state index in [4.69, 9.17) is 5.11 Å². The van der Waals surface area contributed by atoms with Crippen molar-refractivity contribution in [1.82, 2.24) is 4.90 Å². The average Bonchev–Trinajstić information content (AvgIpc) is 2.36. The van der Waals surface area contributed by atoms with Gasteiger partial charge in [-0.2, -0.15) is 11.8 Å². The van der Waals surface area contributed by atoms with Crippen molar-refractivity contribution in [2.75, 3.05) is 25.6 Å². The Labute approximate surface area is 117 Å². The molecule has 0 fully saturated rings. The summed E-state index contributed by atoms with van der Waals surface area (Å²) in [4.78, 5) is 12.7. The molecule has 0 aliphatic heterocycles. The van der Waals surface area contributed by atoms with Gasteiger partial charge in [0, 0.05) is 24.9 Å². The van der Waals surface area contributed by atoms with Gasteiger partial charge in [0.05, 0.1) is 0 Å². The maximum Gasteiger partial charge on any atom is 0.328 e. The molecule has 104 valence electrons. The predicted molar refractivity (Wildman–Crippen MR) is 77.8 cm³/mol. The van der Waals surface area contributed by atoms with Crippen LogP contribution in [0.25, 0.3) is 6.08 Å². The third kappa shape index (κ3) is 5.89. The fraction of sp³-hybridized carbons (Fsp3) is 0.357. The van der Waals surface area contributed by atoms with E-state index in [-0.39, 0.29) is 5.82 Å². The summed E-state index contributed by atoms with van der Waals surface area (Å²) in [6, 6.07) is 4.46. The lowest BCUT2D eigenvalue weighted by atomic mass is 10.1. The number of halogens is 1. The summed E-state index contributed by atoms with van der Waals surface area (Å²) in [6.07, 6.45) is 4.51. The molecule has 19 heavy (non-hydrogen) atoms. The molecule has 0 aliphatic rings. The van der Waals surface area contributed by atoms with Crippen molar-refractivity contribution >= 4 is 23.8 Å². The second-order valence-electron chi connectivity index (χ2n) is 4.25. The van der Waals surface area contributed by atoms with E-state index in [9.17, 15) is 9.18 Å². The average molecular weight is 283 g/mol. The second-order valence-corrected chi connectivity index (χ2v) is 5.23. The number of aliphatic carboxylic acids is 1. The number of thioether (sulfide) groups is 1. The number of nitrogens with zero attached hydrogens (tertiary/aromatic N) is 1. The second kappa shape index (κ2) is 7.96. The summed E-state index contributed by atoms with van der Waals surface area (Å²) < 4.78 is 13.2. The Kier molecular flexibility index (Phi) is 6.59. The third-order valence-electron chi connectivity index (χ3n) is 2.63. The van der Waals surface area contributed by atoms with Gasteiger partial charge >= 0.3 is 5.97 Å². The van der Waals surface area contributed by atoms with E-state index in [1.165, 1.54) is 18.2 Å². The molecular weight excluding hydrogens is 265 g/mol. The van der Waals surface area contributed by atoms with Crippen LogP contribution in [0.2, 0.25) is 0 Å². The zero-order valence-electron chi connectivity index (χ0n) is 11.1. The minimum absolute atomic E-state index is 0.361. The molecule has 0 amide bonds. The van der Waals surface area contributed by atoms with Crippen LogP contribution in [0.15, 0.2) is 24.3 Å². The van der Waals surface area contributed by atoms with Crippen LogP contribution in [0.5, 0.6) is 0 Å². The standard InChI is InChI=1S/C14H18FNO2S/c1-16(7-8-19-2)10-12-3-5-13(15)9-11(12)4-6-14(17)18/h3-6,9H,7-8,10H2,1-2H3,(H,17,18)/b6-4+. The summed E-state index contributed by atoms with van der Waals surface area (Å²) in [5.74, 6) is -0.371. The number of hydrogen-bond acceptors (Lipinski definition) is 3. The Balaban J connectivity index is 2.84. The van der Waals surface area contributed by atoms with E-state index in [1.54, 1.807) is 17.8 Å². The molecule has 1 rings (SSSR count).